The molecule has 0 aliphatic rings. The Balaban J connectivity index is 0.00000484. The van der Waals surface area contributed by atoms with Crippen molar-refractivity contribution in [3.05, 3.63) is 29.8 Å². The maximum absolute atomic E-state index is 12.4. The molecule has 0 atom stereocenters. The fraction of sp³-hybridized carbons (Fsp3) is 0.400. The van der Waals surface area contributed by atoms with Crippen molar-refractivity contribution >= 4 is 35.8 Å². The molecule has 7 nitrogen and oxygen atoms in total. The van der Waals surface area contributed by atoms with Gasteiger partial charge in [-0.2, -0.15) is 0 Å². The summed E-state index contributed by atoms with van der Waals surface area (Å²) < 4.78 is 0. The second kappa shape index (κ2) is 10.6. The minimum atomic E-state index is -0.415. The molecule has 0 aromatic heterocycles. The minimum absolute atomic E-state index is 0. The molecule has 1 rings (SSSR count). The molecular formula is C15H23ClN4O3. The Morgan fingerprint density at radius 2 is 1.70 bits per heavy atom. The van der Waals surface area contributed by atoms with E-state index in [1.54, 1.807) is 29.2 Å². The Kier molecular flexibility index (Phi) is 9.60. The van der Waals surface area contributed by atoms with Crippen molar-refractivity contribution in [1.29, 1.82) is 0 Å². The molecular weight excluding hydrogens is 320 g/mol. The van der Waals surface area contributed by atoms with Gasteiger partial charge in [-0.05, 0) is 26.0 Å². The van der Waals surface area contributed by atoms with Crippen LogP contribution in [0.3, 0.4) is 0 Å². The second-order valence-corrected chi connectivity index (χ2v) is 4.55. The summed E-state index contributed by atoms with van der Waals surface area (Å²) in [5, 5.41) is 5.01. The predicted molar refractivity (Wildman–Crippen MR) is 91.6 cm³/mol. The first-order valence-corrected chi connectivity index (χ1v) is 7.18. The number of anilines is 1. The van der Waals surface area contributed by atoms with Crippen LogP contribution in [-0.2, 0) is 9.59 Å². The van der Waals surface area contributed by atoms with E-state index >= 15 is 0 Å². The largest absolute Gasteiger partial charge is 0.346 e. The summed E-state index contributed by atoms with van der Waals surface area (Å²) >= 11 is 0. The van der Waals surface area contributed by atoms with Crippen LogP contribution in [0.5, 0.6) is 0 Å². The number of nitrogens with two attached hydrogens (primary N) is 1. The van der Waals surface area contributed by atoms with Crippen molar-refractivity contribution in [2.75, 3.05) is 31.5 Å². The van der Waals surface area contributed by atoms with Gasteiger partial charge in [0, 0.05) is 13.1 Å². The Labute approximate surface area is 142 Å². The predicted octanol–water partition coefficient (Wildman–Crippen LogP) is 0.604. The van der Waals surface area contributed by atoms with Crippen molar-refractivity contribution in [1.82, 2.24) is 10.2 Å². The van der Waals surface area contributed by atoms with Gasteiger partial charge in [0.15, 0.2) is 0 Å². The monoisotopic (exact) mass is 342 g/mol. The van der Waals surface area contributed by atoms with Crippen LogP contribution in [0.25, 0.3) is 0 Å². The summed E-state index contributed by atoms with van der Waals surface area (Å²) in [4.78, 5) is 36.9. The van der Waals surface area contributed by atoms with Gasteiger partial charge in [-0.25, -0.2) is 0 Å². The third-order valence-electron chi connectivity index (χ3n) is 3.11. The quantitative estimate of drug-likeness (QED) is 0.675. The molecule has 1 aromatic rings. The molecule has 0 bridgehead atoms. The molecule has 4 N–H and O–H groups in total. The lowest BCUT2D eigenvalue weighted by Crippen LogP contribution is -2.37. The van der Waals surface area contributed by atoms with E-state index in [1.165, 1.54) is 0 Å². The van der Waals surface area contributed by atoms with Crippen LogP contribution < -0.4 is 16.4 Å². The van der Waals surface area contributed by atoms with Gasteiger partial charge in [0.25, 0.3) is 5.91 Å². The van der Waals surface area contributed by atoms with E-state index in [9.17, 15) is 14.4 Å². The SMILES string of the molecule is CCN(CC)C(=O)c1ccccc1NC(=O)CNC(=O)CN.Cl. The number of carbonyl (C=O) groups excluding carboxylic acids is 3. The number of hydrogen-bond acceptors (Lipinski definition) is 4. The molecule has 0 saturated carbocycles. The standard InChI is InChI=1S/C15H22N4O3.ClH/c1-3-19(4-2)15(22)11-7-5-6-8-12(11)18-14(21)10-17-13(20)9-16;/h5-8H,3-4,9-10,16H2,1-2H3,(H,17,20)(H,18,21);1H. The highest BCUT2D eigenvalue weighted by molar-refractivity contribution is 6.04. The number of para-hydroxylation sites is 1. The molecule has 3 amide bonds. The molecule has 23 heavy (non-hydrogen) atoms. The highest BCUT2D eigenvalue weighted by Crippen LogP contribution is 2.17. The lowest BCUT2D eigenvalue weighted by atomic mass is 10.1. The second-order valence-electron chi connectivity index (χ2n) is 4.55. The summed E-state index contributed by atoms with van der Waals surface area (Å²) in [5.74, 6) is -0.976. The van der Waals surface area contributed by atoms with Gasteiger partial charge >= 0.3 is 0 Å². The lowest BCUT2D eigenvalue weighted by molar-refractivity contribution is -0.123. The maximum Gasteiger partial charge on any atom is 0.255 e. The summed E-state index contributed by atoms with van der Waals surface area (Å²) in [6.45, 7) is 4.60. The van der Waals surface area contributed by atoms with Gasteiger partial charge in [0.2, 0.25) is 11.8 Å². The molecule has 8 heteroatoms. The summed E-state index contributed by atoms with van der Waals surface area (Å²) in [7, 11) is 0. The first-order chi connectivity index (χ1) is 10.5. The van der Waals surface area contributed by atoms with Crippen LogP contribution >= 0.6 is 12.4 Å². The van der Waals surface area contributed by atoms with Gasteiger partial charge in [-0.15, -0.1) is 12.4 Å². The first kappa shape index (κ1) is 20.9. The average Bonchev–Trinajstić information content (AvgIpc) is 2.54. The number of amides is 3. The number of carbonyl (C=O) groups is 3. The molecule has 0 fully saturated rings. The highest BCUT2D eigenvalue weighted by Gasteiger charge is 2.17. The average molecular weight is 343 g/mol. The minimum Gasteiger partial charge on any atom is -0.346 e. The highest BCUT2D eigenvalue weighted by atomic mass is 35.5. The molecule has 0 heterocycles. The molecule has 0 unspecified atom stereocenters. The fourth-order valence-corrected chi connectivity index (χ4v) is 1.91. The van der Waals surface area contributed by atoms with Crippen LogP contribution in [0, 0.1) is 0 Å². The van der Waals surface area contributed by atoms with E-state index in [-0.39, 0.29) is 31.4 Å². The van der Waals surface area contributed by atoms with E-state index in [0.29, 0.717) is 24.3 Å². The maximum atomic E-state index is 12.4. The zero-order valence-electron chi connectivity index (χ0n) is 13.3. The fourth-order valence-electron chi connectivity index (χ4n) is 1.91. The van der Waals surface area contributed by atoms with Crippen LogP contribution in [0.4, 0.5) is 5.69 Å². The summed E-state index contributed by atoms with van der Waals surface area (Å²) in [5.41, 5.74) is 5.99. The third kappa shape index (κ3) is 6.25. The molecule has 0 spiro atoms. The Hall–Kier alpha value is -2.12. The van der Waals surface area contributed by atoms with E-state index < -0.39 is 11.8 Å². The molecule has 1 aromatic carbocycles. The number of rotatable bonds is 7. The van der Waals surface area contributed by atoms with Gasteiger partial charge in [-0.3, -0.25) is 14.4 Å². The van der Waals surface area contributed by atoms with Gasteiger partial charge in [0.1, 0.15) is 0 Å². The lowest BCUT2D eigenvalue weighted by Gasteiger charge is -2.20. The number of hydrogen-bond donors (Lipinski definition) is 3. The van der Waals surface area contributed by atoms with E-state index in [0.717, 1.165) is 0 Å². The summed E-state index contributed by atoms with van der Waals surface area (Å²) in [6, 6.07) is 6.78. The summed E-state index contributed by atoms with van der Waals surface area (Å²) in [6.07, 6.45) is 0. The van der Waals surface area contributed by atoms with Crippen molar-refractivity contribution in [3.63, 3.8) is 0 Å². The van der Waals surface area contributed by atoms with E-state index in [1.807, 2.05) is 13.8 Å². The normalized spacial score (nSPS) is 9.52. The van der Waals surface area contributed by atoms with E-state index in [2.05, 4.69) is 10.6 Å². The van der Waals surface area contributed by atoms with E-state index in [4.69, 9.17) is 5.73 Å². The number of halogens is 1. The Bertz CT molecular complexity index is 547. The van der Waals surface area contributed by atoms with Gasteiger partial charge < -0.3 is 21.3 Å². The molecule has 128 valence electrons. The first-order valence-electron chi connectivity index (χ1n) is 7.18. The van der Waals surface area contributed by atoms with Crippen LogP contribution in [0.1, 0.15) is 24.2 Å². The van der Waals surface area contributed by atoms with Crippen molar-refractivity contribution < 1.29 is 14.4 Å². The van der Waals surface area contributed by atoms with Crippen LogP contribution in [-0.4, -0.2) is 48.8 Å². The number of nitrogens with zero attached hydrogens (tertiary/aromatic N) is 1. The smallest absolute Gasteiger partial charge is 0.255 e. The zero-order chi connectivity index (χ0) is 16.5. The number of nitrogens with one attached hydrogen (secondary N) is 2. The van der Waals surface area contributed by atoms with Gasteiger partial charge in [-0.1, -0.05) is 12.1 Å². The Morgan fingerprint density at radius 1 is 1.09 bits per heavy atom. The molecule has 0 aliphatic carbocycles. The molecule has 0 aliphatic heterocycles. The number of benzene rings is 1. The van der Waals surface area contributed by atoms with Crippen LogP contribution in [0.15, 0.2) is 24.3 Å². The topological polar surface area (TPSA) is 105 Å². The van der Waals surface area contributed by atoms with Crippen molar-refractivity contribution in [2.45, 2.75) is 13.8 Å². The van der Waals surface area contributed by atoms with Crippen LogP contribution in [0.2, 0.25) is 0 Å². The van der Waals surface area contributed by atoms with Crippen molar-refractivity contribution in [2.24, 2.45) is 5.73 Å². The van der Waals surface area contributed by atoms with Crippen molar-refractivity contribution in [3.8, 4) is 0 Å². The third-order valence-corrected chi connectivity index (χ3v) is 3.11. The van der Waals surface area contributed by atoms with Gasteiger partial charge in [0.05, 0.1) is 24.3 Å². The zero-order valence-corrected chi connectivity index (χ0v) is 14.1. The molecule has 0 radical (unpaired) electrons. The molecule has 0 saturated heterocycles. The Morgan fingerprint density at radius 3 is 2.26 bits per heavy atom.